The number of amides is 2. The number of hydrogen-bond donors (Lipinski definition) is 2. The van der Waals surface area contributed by atoms with Gasteiger partial charge in [-0.2, -0.15) is 0 Å². The first-order valence-electron chi connectivity index (χ1n) is 12.8. The van der Waals surface area contributed by atoms with Crippen LogP contribution in [0.1, 0.15) is 26.3 Å². The largest absolute Gasteiger partial charge is 0.464 e. The van der Waals surface area contributed by atoms with Crippen LogP contribution in [0.4, 0.5) is 4.39 Å². The van der Waals surface area contributed by atoms with Gasteiger partial charge in [-0.15, -0.1) is 0 Å². The lowest BCUT2D eigenvalue weighted by molar-refractivity contribution is -0.136. The predicted molar refractivity (Wildman–Crippen MR) is 155 cm³/mol. The zero-order chi connectivity index (χ0) is 29.6. The lowest BCUT2D eigenvalue weighted by Crippen LogP contribution is -2.28. The van der Waals surface area contributed by atoms with E-state index in [0.717, 1.165) is 0 Å². The van der Waals surface area contributed by atoms with E-state index in [2.05, 4.69) is 10.6 Å². The van der Waals surface area contributed by atoms with Gasteiger partial charge < -0.3 is 24.5 Å². The van der Waals surface area contributed by atoms with Gasteiger partial charge in [-0.1, -0.05) is 30.3 Å². The SMILES string of the molecule is CNC(=O)c1c(-c2ccc(F)cc2)oc2ccc(Oc3ccc(C=C(NC(=O)c4ccccc4)C(=O)OC)cc3)cc12. The molecule has 0 saturated heterocycles. The Morgan fingerprint density at radius 2 is 1.52 bits per heavy atom. The molecule has 0 bridgehead atoms. The van der Waals surface area contributed by atoms with Crippen molar-refractivity contribution in [1.29, 1.82) is 0 Å². The zero-order valence-electron chi connectivity index (χ0n) is 22.6. The second kappa shape index (κ2) is 12.2. The Labute approximate surface area is 240 Å². The van der Waals surface area contributed by atoms with Crippen molar-refractivity contribution >= 4 is 34.8 Å². The standard InChI is InChI=1S/C33H25FN2O6/c1-35-32(38)29-26-19-25(16-17-28(26)42-30(29)21-10-12-23(34)13-11-21)41-24-14-8-20(9-15-24)18-27(33(39)40-2)36-31(37)22-6-4-3-5-7-22/h3-19H,1-2H3,(H,35,38)(H,36,37). The Bertz CT molecular complexity index is 1790. The lowest BCUT2D eigenvalue weighted by atomic mass is 10.0. The fraction of sp³-hybridized carbons (Fsp3) is 0.0606. The molecule has 0 atom stereocenters. The molecule has 0 radical (unpaired) electrons. The third-order valence-corrected chi connectivity index (χ3v) is 6.34. The van der Waals surface area contributed by atoms with E-state index >= 15 is 0 Å². The number of hydrogen-bond acceptors (Lipinski definition) is 6. The van der Waals surface area contributed by atoms with Crippen LogP contribution in [-0.4, -0.2) is 31.9 Å². The number of fused-ring (bicyclic) bond motifs is 1. The highest BCUT2D eigenvalue weighted by Crippen LogP contribution is 2.36. The molecule has 8 nitrogen and oxygen atoms in total. The van der Waals surface area contributed by atoms with Crippen LogP contribution in [0.15, 0.2) is 107 Å². The van der Waals surface area contributed by atoms with E-state index in [1.54, 1.807) is 84.9 Å². The minimum atomic E-state index is -0.694. The molecule has 0 aliphatic carbocycles. The molecular weight excluding hydrogens is 539 g/mol. The summed E-state index contributed by atoms with van der Waals surface area (Å²) in [5.74, 6) is -0.635. The van der Waals surface area contributed by atoms with E-state index < -0.39 is 17.7 Å². The quantitative estimate of drug-likeness (QED) is 0.168. The maximum absolute atomic E-state index is 13.5. The van der Waals surface area contributed by atoms with Gasteiger partial charge in [0.25, 0.3) is 11.8 Å². The smallest absolute Gasteiger partial charge is 0.354 e. The third-order valence-electron chi connectivity index (χ3n) is 6.34. The molecule has 5 aromatic rings. The summed E-state index contributed by atoms with van der Waals surface area (Å²) >= 11 is 0. The van der Waals surface area contributed by atoms with E-state index in [9.17, 15) is 18.8 Å². The van der Waals surface area contributed by atoms with Crippen molar-refractivity contribution in [2.24, 2.45) is 0 Å². The van der Waals surface area contributed by atoms with E-state index in [1.807, 2.05) is 0 Å². The number of carbonyl (C=O) groups is 3. The van der Waals surface area contributed by atoms with Crippen LogP contribution in [0, 0.1) is 5.82 Å². The molecule has 0 spiro atoms. The van der Waals surface area contributed by atoms with Crippen molar-refractivity contribution < 1.29 is 32.7 Å². The van der Waals surface area contributed by atoms with Gasteiger partial charge in [0.1, 0.15) is 34.4 Å². The Morgan fingerprint density at radius 3 is 2.19 bits per heavy atom. The highest BCUT2D eigenvalue weighted by atomic mass is 19.1. The number of ether oxygens (including phenoxy) is 2. The Balaban J connectivity index is 1.39. The Hall–Kier alpha value is -5.70. The predicted octanol–water partition coefficient (Wildman–Crippen LogP) is 6.33. The van der Waals surface area contributed by atoms with Crippen LogP contribution in [-0.2, 0) is 9.53 Å². The van der Waals surface area contributed by atoms with Crippen LogP contribution < -0.4 is 15.4 Å². The van der Waals surface area contributed by atoms with Gasteiger partial charge in [0, 0.05) is 23.6 Å². The molecule has 0 aliphatic rings. The summed E-state index contributed by atoms with van der Waals surface area (Å²) in [5.41, 5.74) is 2.32. The second-order valence-electron chi connectivity index (χ2n) is 9.09. The first-order valence-corrected chi connectivity index (χ1v) is 12.8. The van der Waals surface area contributed by atoms with Crippen molar-refractivity contribution in [2.45, 2.75) is 0 Å². The van der Waals surface area contributed by atoms with Gasteiger partial charge in [0.15, 0.2) is 0 Å². The number of methoxy groups -OCH3 is 1. The maximum Gasteiger partial charge on any atom is 0.354 e. The van der Waals surface area contributed by atoms with Gasteiger partial charge in [0.05, 0.1) is 12.7 Å². The minimum absolute atomic E-state index is 0.0240. The molecule has 1 aromatic heterocycles. The van der Waals surface area contributed by atoms with Crippen molar-refractivity contribution in [2.75, 3.05) is 14.2 Å². The number of carbonyl (C=O) groups excluding carboxylic acids is 3. The van der Waals surface area contributed by atoms with Gasteiger partial charge >= 0.3 is 5.97 Å². The molecule has 2 N–H and O–H groups in total. The average Bonchev–Trinajstić information content (AvgIpc) is 3.40. The van der Waals surface area contributed by atoms with Crippen molar-refractivity contribution in [3.63, 3.8) is 0 Å². The molecule has 1 heterocycles. The topological polar surface area (TPSA) is 107 Å². The molecule has 0 saturated carbocycles. The van der Waals surface area contributed by atoms with E-state index in [4.69, 9.17) is 13.9 Å². The molecule has 0 unspecified atom stereocenters. The van der Waals surface area contributed by atoms with Crippen LogP contribution in [0.25, 0.3) is 28.4 Å². The highest BCUT2D eigenvalue weighted by molar-refractivity contribution is 6.11. The van der Waals surface area contributed by atoms with Crippen LogP contribution >= 0.6 is 0 Å². The molecule has 4 aromatic carbocycles. The second-order valence-corrected chi connectivity index (χ2v) is 9.09. The summed E-state index contributed by atoms with van der Waals surface area (Å²) in [6.45, 7) is 0. The summed E-state index contributed by atoms with van der Waals surface area (Å²) in [4.78, 5) is 37.7. The number of nitrogens with one attached hydrogen (secondary N) is 2. The monoisotopic (exact) mass is 564 g/mol. The van der Waals surface area contributed by atoms with Crippen LogP contribution in [0.5, 0.6) is 11.5 Å². The number of furan rings is 1. The summed E-state index contributed by atoms with van der Waals surface area (Å²) in [6.07, 6.45) is 1.50. The summed E-state index contributed by atoms with van der Waals surface area (Å²) < 4.78 is 30.3. The number of esters is 1. The Morgan fingerprint density at radius 1 is 0.833 bits per heavy atom. The van der Waals surface area contributed by atoms with Crippen molar-refractivity contribution in [1.82, 2.24) is 10.6 Å². The fourth-order valence-corrected chi connectivity index (χ4v) is 4.27. The van der Waals surface area contributed by atoms with Gasteiger partial charge in [-0.25, -0.2) is 9.18 Å². The summed E-state index contributed by atoms with van der Waals surface area (Å²) in [7, 11) is 2.75. The number of rotatable bonds is 8. The van der Waals surface area contributed by atoms with E-state index in [1.165, 1.54) is 32.4 Å². The summed E-state index contributed by atoms with van der Waals surface area (Å²) in [6, 6.07) is 26.1. The third kappa shape index (κ3) is 6.05. The van der Waals surface area contributed by atoms with Crippen LogP contribution in [0.3, 0.4) is 0 Å². The molecular formula is C33H25FN2O6. The van der Waals surface area contributed by atoms with E-state index in [-0.39, 0.29) is 11.6 Å². The van der Waals surface area contributed by atoms with E-state index in [0.29, 0.717) is 50.5 Å². The number of benzene rings is 4. The molecule has 0 fully saturated rings. The average molecular weight is 565 g/mol. The lowest BCUT2D eigenvalue weighted by Gasteiger charge is -2.09. The zero-order valence-corrected chi connectivity index (χ0v) is 22.6. The molecule has 42 heavy (non-hydrogen) atoms. The minimum Gasteiger partial charge on any atom is -0.464 e. The Kier molecular flexibility index (Phi) is 8.10. The number of halogens is 1. The molecule has 9 heteroatoms. The van der Waals surface area contributed by atoms with Gasteiger partial charge in [-0.05, 0) is 78.4 Å². The summed E-state index contributed by atoms with van der Waals surface area (Å²) in [5, 5.41) is 5.75. The van der Waals surface area contributed by atoms with Crippen molar-refractivity contribution in [3.8, 4) is 22.8 Å². The van der Waals surface area contributed by atoms with Crippen LogP contribution in [0.2, 0.25) is 0 Å². The van der Waals surface area contributed by atoms with Gasteiger partial charge in [-0.3, -0.25) is 9.59 Å². The fourth-order valence-electron chi connectivity index (χ4n) is 4.27. The van der Waals surface area contributed by atoms with Gasteiger partial charge in [0.2, 0.25) is 0 Å². The highest BCUT2D eigenvalue weighted by Gasteiger charge is 2.22. The van der Waals surface area contributed by atoms with Crippen molar-refractivity contribution in [3.05, 3.63) is 125 Å². The molecule has 0 aliphatic heterocycles. The maximum atomic E-state index is 13.5. The first-order chi connectivity index (χ1) is 20.4. The molecule has 5 rings (SSSR count). The molecule has 2 amide bonds. The molecule has 210 valence electrons. The first kappa shape index (κ1) is 27.9. The normalized spacial score (nSPS) is 11.2.